The van der Waals surface area contributed by atoms with Crippen LogP contribution in [0, 0.1) is 6.92 Å². The molecule has 1 aromatic heterocycles. The first-order valence-corrected chi connectivity index (χ1v) is 10.4. The summed E-state index contributed by atoms with van der Waals surface area (Å²) in [4.78, 5) is 5.25. The fourth-order valence-electron chi connectivity index (χ4n) is 4.24. The van der Waals surface area contributed by atoms with E-state index in [4.69, 9.17) is 4.74 Å². The van der Waals surface area contributed by atoms with Crippen molar-refractivity contribution in [2.75, 3.05) is 19.6 Å². The van der Waals surface area contributed by atoms with E-state index in [0.717, 1.165) is 51.2 Å². The van der Waals surface area contributed by atoms with E-state index in [1.165, 1.54) is 15.3 Å². The maximum atomic E-state index is 6.58. The van der Waals surface area contributed by atoms with Gasteiger partial charge in [0.1, 0.15) is 11.4 Å². The molecule has 0 radical (unpaired) electrons. The number of nitrogens with one attached hydrogen (secondary N) is 1. The Balaban J connectivity index is 1.50. The van der Waals surface area contributed by atoms with Gasteiger partial charge in [-0.3, -0.25) is 4.90 Å². The van der Waals surface area contributed by atoms with Gasteiger partial charge in [0.25, 0.3) is 0 Å². The number of hydrogen-bond acceptors (Lipinski definition) is 4. The zero-order valence-corrected chi connectivity index (χ0v) is 16.4. The van der Waals surface area contributed by atoms with Gasteiger partial charge in [0.05, 0.1) is 0 Å². The summed E-state index contributed by atoms with van der Waals surface area (Å²) < 4.78 is 6.58. The molecule has 0 unspecified atom stereocenters. The van der Waals surface area contributed by atoms with Crippen molar-refractivity contribution in [3.05, 3.63) is 64.4 Å². The lowest BCUT2D eigenvalue weighted by molar-refractivity contribution is -0.0232. The number of piperidine rings is 1. The molecule has 0 amide bonds. The maximum absolute atomic E-state index is 6.58. The molecule has 0 saturated carbocycles. The Hall–Kier alpha value is -1.62. The van der Waals surface area contributed by atoms with Crippen LogP contribution < -0.4 is 10.1 Å². The van der Waals surface area contributed by atoms with Crippen LogP contribution in [0.25, 0.3) is 0 Å². The van der Waals surface area contributed by atoms with Gasteiger partial charge < -0.3 is 10.1 Å². The molecular formula is C22H28N2OS. The molecule has 3 heterocycles. The highest BCUT2D eigenvalue weighted by Crippen LogP contribution is 2.44. The third kappa shape index (κ3) is 3.73. The van der Waals surface area contributed by atoms with Crippen molar-refractivity contribution in [3.63, 3.8) is 0 Å². The Morgan fingerprint density at radius 2 is 2.08 bits per heavy atom. The Labute approximate surface area is 160 Å². The van der Waals surface area contributed by atoms with Crippen molar-refractivity contribution in [1.29, 1.82) is 0 Å². The molecule has 3 nitrogen and oxygen atoms in total. The number of ether oxygens (including phenoxy) is 1. The van der Waals surface area contributed by atoms with E-state index < -0.39 is 0 Å². The highest BCUT2D eigenvalue weighted by molar-refractivity contribution is 7.11. The van der Waals surface area contributed by atoms with E-state index >= 15 is 0 Å². The van der Waals surface area contributed by atoms with Crippen molar-refractivity contribution >= 4 is 11.3 Å². The summed E-state index contributed by atoms with van der Waals surface area (Å²) in [6.07, 6.45) is 5.23. The summed E-state index contributed by atoms with van der Waals surface area (Å²) >= 11 is 1.88. The topological polar surface area (TPSA) is 24.5 Å². The largest absolute Gasteiger partial charge is 0.487 e. The average Bonchev–Trinajstić information content (AvgIpc) is 3.07. The molecule has 0 bridgehead atoms. The van der Waals surface area contributed by atoms with Gasteiger partial charge in [0.2, 0.25) is 0 Å². The van der Waals surface area contributed by atoms with Gasteiger partial charge >= 0.3 is 0 Å². The first-order valence-electron chi connectivity index (χ1n) is 9.57. The molecular weight excluding hydrogens is 340 g/mol. The third-order valence-corrected chi connectivity index (χ3v) is 6.67. The Kier molecular flexibility index (Phi) is 5.16. The van der Waals surface area contributed by atoms with E-state index in [1.807, 2.05) is 17.4 Å². The SMILES string of the molecule is C=CCN1CCC2(CC1)C[C@H](NCc1ccc(C)s1)c1ccccc1O2. The Morgan fingerprint density at radius 1 is 1.27 bits per heavy atom. The lowest BCUT2D eigenvalue weighted by atomic mass is 9.80. The Bertz CT molecular complexity index is 761. The molecule has 26 heavy (non-hydrogen) atoms. The molecule has 138 valence electrons. The predicted molar refractivity (Wildman–Crippen MR) is 109 cm³/mol. The minimum Gasteiger partial charge on any atom is -0.487 e. The third-order valence-electron chi connectivity index (χ3n) is 5.67. The molecule has 1 N–H and O–H groups in total. The van der Waals surface area contributed by atoms with Gasteiger partial charge in [-0.1, -0.05) is 24.3 Å². The van der Waals surface area contributed by atoms with Crippen LogP contribution in [0.3, 0.4) is 0 Å². The summed E-state index contributed by atoms with van der Waals surface area (Å²) in [5.74, 6) is 1.07. The monoisotopic (exact) mass is 368 g/mol. The quantitative estimate of drug-likeness (QED) is 0.775. The van der Waals surface area contributed by atoms with Crippen molar-refractivity contribution in [1.82, 2.24) is 10.2 Å². The molecule has 2 aliphatic rings. The van der Waals surface area contributed by atoms with E-state index in [0.29, 0.717) is 6.04 Å². The molecule has 1 fully saturated rings. The second-order valence-corrected chi connectivity index (χ2v) is 8.93. The van der Waals surface area contributed by atoms with Crippen molar-refractivity contribution in [3.8, 4) is 5.75 Å². The average molecular weight is 369 g/mol. The van der Waals surface area contributed by atoms with Crippen molar-refractivity contribution in [2.45, 2.75) is 44.4 Å². The van der Waals surface area contributed by atoms with Gasteiger partial charge in [0, 0.05) is 54.0 Å². The fraction of sp³-hybridized carbons (Fsp3) is 0.455. The number of benzene rings is 1. The van der Waals surface area contributed by atoms with Crippen LogP contribution in [-0.4, -0.2) is 30.1 Å². The zero-order chi connectivity index (χ0) is 18.0. The number of rotatable bonds is 5. The minimum absolute atomic E-state index is 0.0327. The van der Waals surface area contributed by atoms with E-state index in [-0.39, 0.29) is 5.60 Å². The van der Waals surface area contributed by atoms with Gasteiger partial charge in [-0.05, 0) is 38.0 Å². The lowest BCUT2D eigenvalue weighted by Gasteiger charge is -2.47. The first kappa shape index (κ1) is 17.8. The maximum Gasteiger partial charge on any atom is 0.124 e. The first-order chi connectivity index (χ1) is 12.7. The number of para-hydroxylation sites is 1. The van der Waals surface area contributed by atoms with Crippen LogP contribution in [0.4, 0.5) is 0 Å². The smallest absolute Gasteiger partial charge is 0.124 e. The predicted octanol–water partition coefficient (Wildman–Crippen LogP) is 4.69. The van der Waals surface area contributed by atoms with Crippen LogP contribution in [-0.2, 0) is 6.54 Å². The summed E-state index contributed by atoms with van der Waals surface area (Å²) in [5.41, 5.74) is 1.27. The van der Waals surface area contributed by atoms with Crippen LogP contribution in [0.2, 0.25) is 0 Å². The highest BCUT2D eigenvalue weighted by atomic mass is 32.1. The number of hydrogen-bond donors (Lipinski definition) is 1. The van der Waals surface area contributed by atoms with Gasteiger partial charge in [0.15, 0.2) is 0 Å². The van der Waals surface area contributed by atoms with Crippen LogP contribution >= 0.6 is 11.3 Å². The standard InChI is InChI=1S/C22H28N2OS/c1-3-12-24-13-10-22(11-14-24)15-20(19-6-4-5-7-21(19)25-22)23-16-18-9-8-17(2)26-18/h3-9,20,23H,1,10-16H2,2H3/t20-/m0/s1. The van der Waals surface area contributed by atoms with E-state index in [1.54, 1.807) is 0 Å². The summed E-state index contributed by atoms with van der Waals surface area (Å²) in [6, 6.07) is 13.4. The molecule has 4 heteroatoms. The number of fused-ring (bicyclic) bond motifs is 1. The molecule has 1 spiro atoms. The summed E-state index contributed by atoms with van der Waals surface area (Å²) in [6.45, 7) is 10.1. The number of aryl methyl sites for hydroxylation is 1. The zero-order valence-electron chi connectivity index (χ0n) is 15.5. The molecule has 4 rings (SSSR count). The van der Waals surface area contributed by atoms with Crippen molar-refractivity contribution < 1.29 is 4.74 Å². The van der Waals surface area contributed by atoms with Gasteiger partial charge in [-0.2, -0.15) is 0 Å². The number of thiophene rings is 1. The lowest BCUT2D eigenvalue weighted by Crippen LogP contribution is -2.51. The fourth-order valence-corrected chi connectivity index (χ4v) is 5.08. The van der Waals surface area contributed by atoms with Crippen LogP contribution in [0.1, 0.15) is 40.6 Å². The number of nitrogens with zero attached hydrogens (tertiary/aromatic N) is 1. The Morgan fingerprint density at radius 3 is 2.81 bits per heavy atom. The molecule has 1 aromatic carbocycles. The summed E-state index contributed by atoms with van der Waals surface area (Å²) in [7, 11) is 0. The van der Waals surface area contributed by atoms with E-state index in [2.05, 4.69) is 60.1 Å². The molecule has 2 aliphatic heterocycles. The minimum atomic E-state index is -0.0327. The van der Waals surface area contributed by atoms with Gasteiger partial charge in [-0.15, -0.1) is 17.9 Å². The molecule has 1 atom stereocenters. The van der Waals surface area contributed by atoms with Crippen LogP contribution in [0.5, 0.6) is 5.75 Å². The molecule has 2 aromatic rings. The number of likely N-dealkylation sites (tertiary alicyclic amines) is 1. The van der Waals surface area contributed by atoms with Crippen LogP contribution in [0.15, 0.2) is 49.1 Å². The normalized spacial score (nSPS) is 22.0. The second-order valence-electron chi connectivity index (χ2n) is 7.56. The van der Waals surface area contributed by atoms with E-state index in [9.17, 15) is 0 Å². The summed E-state index contributed by atoms with van der Waals surface area (Å²) in [5, 5.41) is 3.82. The molecule has 0 aliphatic carbocycles. The second kappa shape index (κ2) is 7.55. The van der Waals surface area contributed by atoms with Gasteiger partial charge in [-0.25, -0.2) is 0 Å². The molecule has 1 saturated heterocycles. The van der Waals surface area contributed by atoms with Crippen molar-refractivity contribution in [2.24, 2.45) is 0 Å². The highest BCUT2D eigenvalue weighted by Gasteiger charge is 2.42.